The number of nitrogens with one attached hydrogen (secondary N) is 1. The number of amides is 1. The molecule has 1 aromatic rings. The number of hydrogen-bond acceptors (Lipinski definition) is 5. The summed E-state index contributed by atoms with van der Waals surface area (Å²) in [7, 11) is -2.29. The number of rotatable bonds is 6. The van der Waals surface area contributed by atoms with E-state index in [2.05, 4.69) is 4.72 Å². The van der Waals surface area contributed by atoms with Gasteiger partial charge in [-0.2, -0.15) is 0 Å². The average molecular weight is 381 g/mol. The zero-order chi connectivity index (χ0) is 18.9. The number of ether oxygens (including phenoxy) is 1. The Morgan fingerprint density at radius 3 is 2.46 bits per heavy atom. The van der Waals surface area contributed by atoms with Gasteiger partial charge in [-0.3, -0.25) is 4.79 Å². The smallest absolute Gasteiger partial charge is 0.253 e. The summed E-state index contributed by atoms with van der Waals surface area (Å²) in [6.45, 7) is 3.27. The molecule has 7 nitrogen and oxygen atoms in total. The van der Waals surface area contributed by atoms with Crippen molar-refractivity contribution in [2.45, 2.75) is 49.6 Å². The van der Waals surface area contributed by atoms with Gasteiger partial charge in [-0.25, -0.2) is 13.1 Å². The van der Waals surface area contributed by atoms with Gasteiger partial charge in [-0.15, -0.1) is 0 Å². The first kappa shape index (κ1) is 19.1. The Hall–Kier alpha value is -1.64. The van der Waals surface area contributed by atoms with E-state index in [1.54, 1.807) is 17.0 Å². The molecule has 1 aliphatic heterocycles. The molecule has 2 fully saturated rings. The molecule has 0 spiro atoms. The highest BCUT2D eigenvalue weighted by molar-refractivity contribution is 7.89. The van der Waals surface area contributed by atoms with Gasteiger partial charge in [0.25, 0.3) is 5.91 Å². The van der Waals surface area contributed by atoms with Crippen LogP contribution in [0.3, 0.4) is 0 Å². The standard InChI is InChI=1S/C18H27N3O4S/c1-12(19)13-7-9-21(10-8-13)18(22)14-3-6-16(25-2)17(11-14)26(23,24)20-15-4-5-15/h3,6,11-13,15,20H,4-5,7-10,19H2,1-2H3. The Balaban J connectivity index is 1.80. The Kier molecular flexibility index (Phi) is 5.55. The van der Waals surface area contributed by atoms with E-state index in [4.69, 9.17) is 10.5 Å². The summed E-state index contributed by atoms with van der Waals surface area (Å²) < 4.78 is 33.0. The summed E-state index contributed by atoms with van der Waals surface area (Å²) in [4.78, 5) is 14.6. The summed E-state index contributed by atoms with van der Waals surface area (Å²) in [5.74, 6) is 0.512. The van der Waals surface area contributed by atoms with Gasteiger partial charge in [0.15, 0.2) is 0 Å². The molecule has 1 amide bonds. The molecule has 0 radical (unpaired) electrons. The van der Waals surface area contributed by atoms with Crippen LogP contribution in [-0.2, 0) is 10.0 Å². The summed E-state index contributed by atoms with van der Waals surface area (Å²) in [6, 6.07) is 4.70. The van der Waals surface area contributed by atoms with Crippen LogP contribution in [-0.4, -0.2) is 51.5 Å². The zero-order valence-corrected chi connectivity index (χ0v) is 16.1. The lowest BCUT2D eigenvalue weighted by Crippen LogP contribution is -2.42. The average Bonchev–Trinajstić information content (AvgIpc) is 3.44. The first-order chi connectivity index (χ1) is 12.3. The number of methoxy groups -OCH3 is 1. The van der Waals surface area contributed by atoms with Crippen LogP contribution in [0.25, 0.3) is 0 Å². The Bertz CT molecular complexity index is 767. The molecule has 3 N–H and O–H groups in total. The first-order valence-corrected chi connectivity index (χ1v) is 10.6. The van der Waals surface area contributed by atoms with E-state index < -0.39 is 10.0 Å². The third kappa shape index (κ3) is 4.19. The highest BCUT2D eigenvalue weighted by Crippen LogP contribution is 2.29. The fourth-order valence-corrected chi connectivity index (χ4v) is 4.81. The number of piperidine rings is 1. The lowest BCUT2D eigenvalue weighted by Gasteiger charge is -2.33. The number of likely N-dealkylation sites (tertiary alicyclic amines) is 1. The van der Waals surface area contributed by atoms with Crippen LogP contribution in [0.15, 0.2) is 23.1 Å². The molecule has 26 heavy (non-hydrogen) atoms. The van der Waals surface area contributed by atoms with Gasteiger partial charge in [-0.05, 0) is 56.7 Å². The minimum Gasteiger partial charge on any atom is -0.495 e. The third-order valence-corrected chi connectivity index (χ3v) is 6.71. The zero-order valence-electron chi connectivity index (χ0n) is 15.3. The second-order valence-corrected chi connectivity index (χ2v) is 8.93. The van der Waals surface area contributed by atoms with E-state index in [1.807, 2.05) is 6.92 Å². The van der Waals surface area contributed by atoms with Gasteiger partial charge in [0, 0.05) is 30.7 Å². The van der Waals surface area contributed by atoms with Crippen LogP contribution in [0.2, 0.25) is 0 Å². The van der Waals surface area contributed by atoms with Gasteiger partial charge in [-0.1, -0.05) is 0 Å². The van der Waals surface area contributed by atoms with E-state index in [9.17, 15) is 13.2 Å². The van der Waals surface area contributed by atoms with Crippen molar-refractivity contribution in [3.8, 4) is 5.75 Å². The monoisotopic (exact) mass is 381 g/mol. The number of nitrogens with two attached hydrogens (primary N) is 1. The number of benzene rings is 1. The number of sulfonamides is 1. The van der Waals surface area contributed by atoms with Crippen molar-refractivity contribution in [1.82, 2.24) is 9.62 Å². The van der Waals surface area contributed by atoms with Crippen LogP contribution in [0.1, 0.15) is 43.0 Å². The fraction of sp³-hybridized carbons (Fsp3) is 0.611. The lowest BCUT2D eigenvalue weighted by molar-refractivity contribution is 0.0680. The van der Waals surface area contributed by atoms with Gasteiger partial charge in [0.1, 0.15) is 10.6 Å². The predicted molar refractivity (Wildman–Crippen MR) is 98.6 cm³/mol. The van der Waals surface area contributed by atoms with Crippen LogP contribution in [0.4, 0.5) is 0 Å². The summed E-state index contributed by atoms with van der Waals surface area (Å²) >= 11 is 0. The van der Waals surface area contributed by atoms with Gasteiger partial charge in [0.05, 0.1) is 7.11 Å². The topological polar surface area (TPSA) is 102 Å². The minimum absolute atomic E-state index is 0.0126. The lowest BCUT2D eigenvalue weighted by atomic mass is 9.90. The van der Waals surface area contributed by atoms with Crippen LogP contribution < -0.4 is 15.2 Å². The predicted octanol–water partition coefficient (Wildman–Crippen LogP) is 1.34. The van der Waals surface area contributed by atoms with Crippen molar-refractivity contribution in [3.63, 3.8) is 0 Å². The van der Waals surface area contributed by atoms with Crippen molar-refractivity contribution in [2.75, 3.05) is 20.2 Å². The van der Waals surface area contributed by atoms with Crippen LogP contribution >= 0.6 is 0 Å². The molecule has 2 aliphatic rings. The van der Waals surface area contributed by atoms with E-state index >= 15 is 0 Å². The SMILES string of the molecule is COc1ccc(C(=O)N2CCC(C(C)N)CC2)cc1S(=O)(=O)NC1CC1. The van der Waals surface area contributed by atoms with Gasteiger partial charge >= 0.3 is 0 Å². The largest absolute Gasteiger partial charge is 0.495 e. The molecule has 0 aromatic heterocycles. The molecule has 1 saturated carbocycles. The normalized spacial score (nSPS) is 20.0. The van der Waals surface area contributed by atoms with E-state index in [1.165, 1.54) is 13.2 Å². The fourth-order valence-electron chi connectivity index (χ4n) is 3.31. The Labute approximate surface area is 154 Å². The number of carbonyl (C=O) groups excluding carboxylic acids is 1. The van der Waals surface area contributed by atoms with Crippen molar-refractivity contribution in [3.05, 3.63) is 23.8 Å². The summed E-state index contributed by atoms with van der Waals surface area (Å²) in [5.41, 5.74) is 6.32. The van der Waals surface area contributed by atoms with Crippen molar-refractivity contribution < 1.29 is 17.9 Å². The molecule has 8 heteroatoms. The quantitative estimate of drug-likeness (QED) is 0.774. The maximum Gasteiger partial charge on any atom is 0.253 e. The molecular weight excluding hydrogens is 354 g/mol. The second-order valence-electron chi connectivity index (χ2n) is 7.25. The molecule has 1 aliphatic carbocycles. The summed E-state index contributed by atoms with van der Waals surface area (Å²) in [6.07, 6.45) is 3.42. The molecule has 1 atom stereocenters. The van der Waals surface area contributed by atoms with Gasteiger partial charge in [0.2, 0.25) is 10.0 Å². The number of hydrogen-bond donors (Lipinski definition) is 2. The number of carbonyl (C=O) groups is 1. The Morgan fingerprint density at radius 2 is 1.92 bits per heavy atom. The molecule has 1 saturated heterocycles. The molecule has 1 unspecified atom stereocenters. The Morgan fingerprint density at radius 1 is 1.27 bits per heavy atom. The van der Waals surface area contributed by atoms with Crippen LogP contribution in [0, 0.1) is 5.92 Å². The molecule has 0 bridgehead atoms. The molecule has 1 heterocycles. The molecule has 3 rings (SSSR count). The number of nitrogens with zero attached hydrogens (tertiary/aromatic N) is 1. The van der Waals surface area contributed by atoms with E-state index in [-0.39, 0.29) is 28.6 Å². The molecule has 144 valence electrons. The van der Waals surface area contributed by atoms with E-state index in [0.29, 0.717) is 24.6 Å². The third-order valence-electron chi connectivity index (χ3n) is 5.17. The van der Waals surface area contributed by atoms with E-state index in [0.717, 1.165) is 25.7 Å². The maximum atomic E-state index is 12.8. The molecule has 1 aromatic carbocycles. The van der Waals surface area contributed by atoms with Crippen LogP contribution in [0.5, 0.6) is 5.75 Å². The highest BCUT2D eigenvalue weighted by atomic mass is 32.2. The highest BCUT2D eigenvalue weighted by Gasteiger charge is 2.31. The second kappa shape index (κ2) is 7.54. The maximum absolute atomic E-state index is 12.8. The van der Waals surface area contributed by atoms with Crippen molar-refractivity contribution >= 4 is 15.9 Å². The van der Waals surface area contributed by atoms with Crippen molar-refractivity contribution in [1.29, 1.82) is 0 Å². The first-order valence-electron chi connectivity index (χ1n) is 9.07. The molecular formula is C18H27N3O4S. The van der Waals surface area contributed by atoms with Crippen molar-refractivity contribution in [2.24, 2.45) is 11.7 Å². The minimum atomic E-state index is -3.71. The van der Waals surface area contributed by atoms with Gasteiger partial charge < -0.3 is 15.4 Å². The summed E-state index contributed by atoms with van der Waals surface area (Å²) in [5, 5.41) is 0.